The smallest absolute Gasteiger partial charge is 0.337 e. The molecule has 2 aromatic carbocycles. The summed E-state index contributed by atoms with van der Waals surface area (Å²) in [6, 6.07) is 11.5. The lowest BCUT2D eigenvalue weighted by molar-refractivity contribution is 0.0601. The van der Waals surface area contributed by atoms with Crippen LogP contribution in [0.1, 0.15) is 15.9 Å². The minimum Gasteiger partial charge on any atom is -0.465 e. The SMILES string of the molecule is COC(=O)c1ccc(N(C)Cc2ccccc2F)c(N)c1. The van der Waals surface area contributed by atoms with Crippen molar-refractivity contribution in [3.63, 3.8) is 0 Å². The highest BCUT2D eigenvalue weighted by atomic mass is 19.1. The molecule has 2 aromatic rings. The number of nitrogens with zero attached hydrogens (tertiary/aromatic N) is 1. The van der Waals surface area contributed by atoms with Crippen LogP contribution in [0.5, 0.6) is 0 Å². The first kappa shape index (κ1) is 14.8. The molecule has 0 fully saturated rings. The number of nitrogen functional groups attached to an aromatic ring is 1. The van der Waals surface area contributed by atoms with E-state index in [1.54, 1.807) is 36.4 Å². The summed E-state index contributed by atoms with van der Waals surface area (Å²) < 4.78 is 18.3. The third kappa shape index (κ3) is 3.31. The van der Waals surface area contributed by atoms with Gasteiger partial charge in [0.05, 0.1) is 24.0 Å². The highest BCUT2D eigenvalue weighted by Crippen LogP contribution is 2.25. The van der Waals surface area contributed by atoms with Gasteiger partial charge in [0.2, 0.25) is 0 Å². The molecular formula is C16H17FN2O2. The van der Waals surface area contributed by atoms with Gasteiger partial charge in [0.15, 0.2) is 0 Å². The van der Waals surface area contributed by atoms with Crippen LogP contribution < -0.4 is 10.6 Å². The molecule has 0 aromatic heterocycles. The predicted molar refractivity (Wildman–Crippen MR) is 80.7 cm³/mol. The van der Waals surface area contributed by atoms with Gasteiger partial charge in [-0.3, -0.25) is 0 Å². The molecular weight excluding hydrogens is 271 g/mol. The molecule has 0 amide bonds. The Kier molecular flexibility index (Phi) is 4.42. The van der Waals surface area contributed by atoms with E-state index in [1.165, 1.54) is 13.2 Å². The zero-order valence-corrected chi connectivity index (χ0v) is 12.0. The lowest BCUT2D eigenvalue weighted by atomic mass is 10.1. The van der Waals surface area contributed by atoms with Crippen molar-refractivity contribution in [3.05, 3.63) is 59.4 Å². The molecule has 0 bridgehead atoms. The van der Waals surface area contributed by atoms with Crippen molar-refractivity contribution < 1.29 is 13.9 Å². The summed E-state index contributed by atoms with van der Waals surface area (Å²) in [7, 11) is 3.13. The summed E-state index contributed by atoms with van der Waals surface area (Å²) in [4.78, 5) is 13.3. The first-order valence-electron chi connectivity index (χ1n) is 6.45. The van der Waals surface area contributed by atoms with E-state index in [2.05, 4.69) is 4.74 Å². The topological polar surface area (TPSA) is 55.6 Å². The molecule has 0 saturated carbocycles. The van der Waals surface area contributed by atoms with Crippen LogP contribution in [0.25, 0.3) is 0 Å². The van der Waals surface area contributed by atoms with E-state index in [-0.39, 0.29) is 5.82 Å². The standard InChI is InChI=1S/C16H17FN2O2/c1-19(10-12-5-3-4-6-13(12)17)15-8-7-11(9-14(15)18)16(20)21-2/h3-9H,10,18H2,1-2H3. The van der Waals surface area contributed by atoms with Gasteiger partial charge >= 0.3 is 5.97 Å². The second-order valence-corrected chi connectivity index (χ2v) is 4.71. The first-order chi connectivity index (χ1) is 10.0. The average molecular weight is 288 g/mol. The molecule has 0 aliphatic carbocycles. The van der Waals surface area contributed by atoms with E-state index in [1.807, 2.05) is 11.9 Å². The van der Waals surface area contributed by atoms with Crippen molar-refractivity contribution in [2.75, 3.05) is 24.8 Å². The quantitative estimate of drug-likeness (QED) is 0.694. The molecule has 2 N–H and O–H groups in total. The number of methoxy groups -OCH3 is 1. The van der Waals surface area contributed by atoms with Gasteiger partial charge in [-0.25, -0.2) is 9.18 Å². The highest BCUT2D eigenvalue weighted by molar-refractivity contribution is 5.91. The van der Waals surface area contributed by atoms with E-state index < -0.39 is 5.97 Å². The van der Waals surface area contributed by atoms with Crippen LogP contribution >= 0.6 is 0 Å². The van der Waals surface area contributed by atoms with Crippen LogP contribution in [0.3, 0.4) is 0 Å². The Balaban J connectivity index is 2.22. The Morgan fingerprint density at radius 1 is 1.29 bits per heavy atom. The molecule has 0 heterocycles. The third-order valence-electron chi connectivity index (χ3n) is 3.23. The first-order valence-corrected chi connectivity index (χ1v) is 6.45. The lowest BCUT2D eigenvalue weighted by Crippen LogP contribution is -2.19. The Morgan fingerprint density at radius 3 is 2.62 bits per heavy atom. The van der Waals surface area contributed by atoms with Gasteiger partial charge in [-0.2, -0.15) is 0 Å². The summed E-state index contributed by atoms with van der Waals surface area (Å²) in [5.41, 5.74) is 8.10. The van der Waals surface area contributed by atoms with Crippen molar-refractivity contribution >= 4 is 17.3 Å². The molecule has 0 aliphatic heterocycles. The van der Waals surface area contributed by atoms with Gasteiger partial charge in [-0.05, 0) is 24.3 Å². The van der Waals surface area contributed by atoms with Crippen LogP contribution in [0.2, 0.25) is 0 Å². The number of hydrogen-bond acceptors (Lipinski definition) is 4. The number of carbonyl (C=O) groups is 1. The number of nitrogens with two attached hydrogens (primary N) is 1. The van der Waals surface area contributed by atoms with Crippen LogP contribution in [-0.4, -0.2) is 20.1 Å². The van der Waals surface area contributed by atoms with Gasteiger partial charge < -0.3 is 15.4 Å². The van der Waals surface area contributed by atoms with E-state index in [9.17, 15) is 9.18 Å². The monoisotopic (exact) mass is 288 g/mol. The number of carbonyl (C=O) groups excluding carboxylic acids is 1. The zero-order chi connectivity index (χ0) is 15.4. The fraction of sp³-hybridized carbons (Fsp3) is 0.188. The normalized spacial score (nSPS) is 10.2. The molecule has 0 atom stereocenters. The molecule has 0 unspecified atom stereocenters. The Hall–Kier alpha value is -2.56. The molecule has 21 heavy (non-hydrogen) atoms. The molecule has 4 nitrogen and oxygen atoms in total. The second kappa shape index (κ2) is 6.26. The van der Waals surface area contributed by atoms with Crippen LogP contribution in [0.15, 0.2) is 42.5 Å². The number of halogens is 1. The second-order valence-electron chi connectivity index (χ2n) is 4.71. The largest absolute Gasteiger partial charge is 0.465 e. The van der Waals surface area contributed by atoms with Crippen molar-refractivity contribution in [1.29, 1.82) is 0 Å². The summed E-state index contributed by atoms with van der Waals surface area (Å²) in [6.45, 7) is 0.383. The Bertz CT molecular complexity index is 658. The zero-order valence-electron chi connectivity index (χ0n) is 12.0. The maximum absolute atomic E-state index is 13.7. The number of hydrogen-bond donors (Lipinski definition) is 1. The van der Waals surface area contributed by atoms with Gasteiger partial charge in [0.25, 0.3) is 0 Å². The predicted octanol–water partition coefficient (Wildman–Crippen LogP) is 2.83. The van der Waals surface area contributed by atoms with Crippen molar-refractivity contribution in [2.45, 2.75) is 6.54 Å². The number of ether oxygens (including phenoxy) is 1. The average Bonchev–Trinajstić information content (AvgIpc) is 2.48. The van der Waals surface area contributed by atoms with Gasteiger partial charge in [-0.15, -0.1) is 0 Å². The molecule has 110 valence electrons. The van der Waals surface area contributed by atoms with E-state index >= 15 is 0 Å². The molecule has 0 aliphatic rings. The minimum absolute atomic E-state index is 0.255. The van der Waals surface area contributed by atoms with E-state index in [0.717, 1.165) is 5.69 Å². The summed E-state index contributed by atoms with van der Waals surface area (Å²) in [5, 5.41) is 0. The maximum atomic E-state index is 13.7. The fourth-order valence-electron chi connectivity index (χ4n) is 2.11. The summed E-state index contributed by atoms with van der Waals surface area (Å²) >= 11 is 0. The number of anilines is 2. The number of esters is 1. The maximum Gasteiger partial charge on any atom is 0.337 e. The third-order valence-corrected chi connectivity index (χ3v) is 3.23. The van der Waals surface area contributed by atoms with Crippen molar-refractivity contribution in [3.8, 4) is 0 Å². The van der Waals surface area contributed by atoms with Gasteiger partial charge in [0, 0.05) is 19.2 Å². The van der Waals surface area contributed by atoms with Crippen LogP contribution in [0.4, 0.5) is 15.8 Å². The summed E-state index contributed by atoms with van der Waals surface area (Å²) in [5.74, 6) is -0.695. The Morgan fingerprint density at radius 2 is 2.00 bits per heavy atom. The van der Waals surface area contributed by atoms with Crippen molar-refractivity contribution in [2.24, 2.45) is 0 Å². The number of benzene rings is 2. The number of rotatable bonds is 4. The summed E-state index contributed by atoms with van der Waals surface area (Å²) in [6.07, 6.45) is 0. The minimum atomic E-state index is -0.440. The van der Waals surface area contributed by atoms with Crippen molar-refractivity contribution in [1.82, 2.24) is 0 Å². The van der Waals surface area contributed by atoms with Crippen LogP contribution in [-0.2, 0) is 11.3 Å². The van der Waals surface area contributed by atoms with E-state index in [0.29, 0.717) is 23.4 Å². The molecule has 5 heteroatoms. The molecule has 0 saturated heterocycles. The molecule has 0 radical (unpaired) electrons. The van der Waals surface area contributed by atoms with Gasteiger partial charge in [-0.1, -0.05) is 18.2 Å². The Labute approximate surface area is 122 Å². The van der Waals surface area contributed by atoms with Gasteiger partial charge in [0.1, 0.15) is 5.82 Å². The highest BCUT2D eigenvalue weighted by Gasteiger charge is 2.12. The fourth-order valence-corrected chi connectivity index (χ4v) is 2.11. The molecule has 2 rings (SSSR count). The van der Waals surface area contributed by atoms with E-state index in [4.69, 9.17) is 5.73 Å². The lowest BCUT2D eigenvalue weighted by Gasteiger charge is -2.21. The van der Waals surface area contributed by atoms with Crippen LogP contribution in [0, 0.1) is 5.82 Å². The molecule has 0 spiro atoms.